The molecule has 0 fully saturated rings. The molecular weight excluding hydrogens is 364 g/mol. The number of aromatic hydroxyl groups is 1. The van der Waals surface area contributed by atoms with Crippen LogP contribution in [0.4, 0.5) is 11.4 Å². The zero-order valence-electron chi connectivity index (χ0n) is 13.4. The van der Waals surface area contributed by atoms with Crippen molar-refractivity contribution in [2.45, 2.75) is 17.9 Å². The van der Waals surface area contributed by atoms with E-state index in [4.69, 9.17) is 9.84 Å². The van der Waals surface area contributed by atoms with E-state index in [2.05, 4.69) is 10.0 Å². The first-order chi connectivity index (χ1) is 12.2. The SMILES string of the molecule is CC1Oc2ccc(S(=O)(=O)Nc3ccc(O)c(C(=O)O)c3)cc2NC1=O. The van der Waals surface area contributed by atoms with Crippen molar-refractivity contribution in [3.05, 3.63) is 42.0 Å². The Morgan fingerprint density at radius 3 is 2.65 bits per heavy atom. The van der Waals surface area contributed by atoms with Gasteiger partial charge in [0.1, 0.15) is 17.1 Å². The van der Waals surface area contributed by atoms with Crippen LogP contribution in [0.5, 0.6) is 11.5 Å². The molecule has 1 unspecified atom stereocenters. The second-order valence-electron chi connectivity index (χ2n) is 5.55. The Balaban J connectivity index is 1.92. The zero-order valence-corrected chi connectivity index (χ0v) is 14.2. The Morgan fingerprint density at radius 1 is 1.23 bits per heavy atom. The predicted octanol–water partition coefficient (Wildman–Crippen LogP) is 1.61. The maximum atomic E-state index is 12.5. The number of anilines is 2. The molecule has 0 aliphatic carbocycles. The molecule has 0 radical (unpaired) electrons. The molecule has 0 saturated carbocycles. The Hall–Kier alpha value is -3.27. The minimum atomic E-state index is -4.06. The van der Waals surface area contributed by atoms with Crippen molar-refractivity contribution in [3.8, 4) is 11.5 Å². The number of benzene rings is 2. The van der Waals surface area contributed by atoms with Crippen LogP contribution in [0.25, 0.3) is 0 Å². The first-order valence-corrected chi connectivity index (χ1v) is 8.86. The summed E-state index contributed by atoms with van der Waals surface area (Å²) in [6.07, 6.45) is -0.686. The third kappa shape index (κ3) is 3.26. The minimum Gasteiger partial charge on any atom is -0.507 e. The van der Waals surface area contributed by atoms with Crippen molar-refractivity contribution >= 4 is 33.3 Å². The van der Waals surface area contributed by atoms with Gasteiger partial charge in [-0.25, -0.2) is 13.2 Å². The van der Waals surface area contributed by atoms with Gasteiger partial charge >= 0.3 is 5.97 Å². The highest BCUT2D eigenvalue weighted by atomic mass is 32.2. The largest absolute Gasteiger partial charge is 0.507 e. The minimum absolute atomic E-state index is 0.0353. The molecular formula is C16H14N2O7S. The number of rotatable bonds is 4. The number of ether oxygens (including phenoxy) is 1. The zero-order chi connectivity index (χ0) is 19.1. The van der Waals surface area contributed by atoms with Crippen molar-refractivity contribution in [2.24, 2.45) is 0 Å². The number of phenols is 1. The van der Waals surface area contributed by atoms with E-state index in [1.807, 2.05) is 0 Å². The second kappa shape index (κ2) is 6.23. The maximum Gasteiger partial charge on any atom is 0.339 e. The van der Waals surface area contributed by atoms with Gasteiger partial charge in [-0.3, -0.25) is 9.52 Å². The Morgan fingerprint density at radius 2 is 1.96 bits per heavy atom. The number of aromatic carboxylic acids is 1. The van der Waals surface area contributed by atoms with Gasteiger partial charge in [-0.1, -0.05) is 0 Å². The van der Waals surface area contributed by atoms with Crippen molar-refractivity contribution in [1.82, 2.24) is 0 Å². The lowest BCUT2D eigenvalue weighted by molar-refractivity contribution is -0.122. The molecule has 0 aromatic heterocycles. The molecule has 1 aliphatic rings. The van der Waals surface area contributed by atoms with Crippen LogP contribution in [-0.2, 0) is 14.8 Å². The highest BCUT2D eigenvalue weighted by Gasteiger charge is 2.26. The number of hydrogen-bond donors (Lipinski definition) is 4. The number of carboxylic acids is 1. The molecule has 9 nitrogen and oxygen atoms in total. The summed E-state index contributed by atoms with van der Waals surface area (Å²) in [6, 6.07) is 7.25. The molecule has 3 rings (SSSR count). The van der Waals surface area contributed by atoms with Gasteiger partial charge in [-0.05, 0) is 43.3 Å². The molecule has 10 heteroatoms. The van der Waals surface area contributed by atoms with E-state index < -0.39 is 39.3 Å². The summed E-state index contributed by atoms with van der Waals surface area (Å²) in [4.78, 5) is 22.5. The summed E-state index contributed by atoms with van der Waals surface area (Å²) in [6.45, 7) is 1.56. The van der Waals surface area contributed by atoms with Crippen LogP contribution in [0.3, 0.4) is 0 Å². The van der Waals surface area contributed by atoms with Gasteiger partial charge in [0.25, 0.3) is 15.9 Å². The summed E-state index contributed by atoms with van der Waals surface area (Å²) < 4.78 is 32.6. The predicted molar refractivity (Wildman–Crippen MR) is 91.0 cm³/mol. The van der Waals surface area contributed by atoms with E-state index in [0.717, 1.165) is 12.1 Å². The molecule has 2 aromatic carbocycles. The first-order valence-electron chi connectivity index (χ1n) is 7.38. The van der Waals surface area contributed by atoms with Crippen LogP contribution >= 0.6 is 0 Å². The van der Waals surface area contributed by atoms with E-state index in [-0.39, 0.29) is 16.3 Å². The van der Waals surface area contributed by atoms with Crippen molar-refractivity contribution in [3.63, 3.8) is 0 Å². The van der Waals surface area contributed by atoms with E-state index in [0.29, 0.717) is 5.75 Å². The molecule has 1 aliphatic heterocycles. The monoisotopic (exact) mass is 378 g/mol. The molecule has 26 heavy (non-hydrogen) atoms. The number of sulfonamides is 1. The number of amides is 1. The van der Waals surface area contributed by atoms with Gasteiger partial charge in [-0.15, -0.1) is 0 Å². The second-order valence-corrected chi connectivity index (χ2v) is 7.23. The standard InChI is InChI=1S/C16H14N2O7S/c1-8-15(20)17-12-7-10(3-5-14(12)25-8)26(23,24)18-9-2-4-13(19)11(6-9)16(21)22/h2-8,18-19H,1H3,(H,17,20)(H,21,22). The number of fused-ring (bicyclic) bond motifs is 1. The van der Waals surface area contributed by atoms with Crippen molar-refractivity contribution < 1.29 is 33.0 Å². The molecule has 4 N–H and O–H groups in total. The van der Waals surface area contributed by atoms with Crippen LogP contribution in [0.15, 0.2) is 41.3 Å². The van der Waals surface area contributed by atoms with Crippen LogP contribution in [0.2, 0.25) is 0 Å². The normalized spacial score (nSPS) is 16.2. The summed E-state index contributed by atoms with van der Waals surface area (Å²) in [5.74, 6) is -1.94. The lowest BCUT2D eigenvalue weighted by Crippen LogP contribution is -2.34. The average molecular weight is 378 g/mol. The number of carbonyl (C=O) groups is 2. The van der Waals surface area contributed by atoms with E-state index in [1.54, 1.807) is 6.92 Å². The Labute approximate surface area is 148 Å². The first kappa shape index (κ1) is 17.5. The summed E-state index contributed by atoms with van der Waals surface area (Å²) in [7, 11) is -4.06. The number of carboxylic acid groups (broad SMARTS) is 1. The Kier molecular flexibility index (Phi) is 4.20. The van der Waals surface area contributed by atoms with Crippen LogP contribution in [0.1, 0.15) is 17.3 Å². The molecule has 1 heterocycles. The van der Waals surface area contributed by atoms with Crippen LogP contribution in [-0.4, -0.2) is 36.6 Å². The van der Waals surface area contributed by atoms with Gasteiger partial charge in [0.05, 0.1) is 10.6 Å². The number of hydrogen-bond acceptors (Lipinski definition) is 6. The third-order valence-corrected chi connectivity index (χ3v) is 5.05. The highest BCUT2D eigenvalue weighted by molar-refractivity contribution is 7.92. The fraction of sp³-hybridized carbons (Fsp3) is 0.125. The topological polar surface area (TPSA) is 142 Å². The van der Waals surface area contributed by atoms with Gasteiger partial charge in [0.2, 0.25) is 0 Å². The molecule has 0 saturated heterocycles. The molecule has 2 aromatic rings. The van der Waals surface area contributed by atoms with Gasteiger partial charge in [0, 0.05) is 5.69 Å². The van der Waals surface area contributed by atoms with Crippen molar-refractivity contribution in [1.29, 1.82) is 0 Å². The molecule has 0 spiro atoms. The fourth-order valence-corrected chi connectivity index (χ4v) is 3.42. The summed E-state index contributed by atoms with van der Waals surface area (Å²) >= 11 is 0. The summed E-state index contributed by atoms with van der Waals surface area (Å²) in [5.41, 5.74) is -0.259. The number of nitrogens with one attached hydrogen (secondary N) is 2. The Bertz CT molecular complexity index is 1020. The van der Waals surface area contributed by atoms with Crippen molar-refractivity contribution in [2.75, 3.05) is 10.0 Å². The van der Waals surface area contributed by atoms with Gasteiger partial charge in [0.15, 0.2) is 6.10 Å². The van der Waals surface area contributed by atoms with E-state index >= 15 is 0 Å². The molecule has 136 valence electrons. The smallest absolute Gasteiger partial charge is 0.339 e. The quantitative estimate of drug-likeness (QED) is 0.592. The lowest BCUT2D eigenvalue weighted by atomic mass is 10.2. The van der Waals surface area contributed by atoms with Crippen LogP contribution in [0, 0.1) is 0 Å². The highest BCUT2D eigenvalue weighted by Crippen LogP contribution is 2.32. The molecule has 1 atom stereocenters. The van der Waals surface area contributed by atoms with Crippen LogP contribution < -0.4 is 14.8 Å². The fourth-order valence-electron chi connectivity index (χ4n) is 2.34. The maximum absolute atomic E-state index is 12.5. The van der Waals surface area contributed by atoms with E-state index in [1.165, 1.54) is 24.3 Å². The van der Waals surface area contributed by atoms with E-state index in [9.17, 15) is 23.1 Å². The third-order valence-electron chi connectivity index (χ3n) is 3.67. The lowest BCUT2D eigenvalue weighted by Gasteiger charge is -2.23. The molecule has 1 amide bonds. The van der Waals surface area contributed by atoms with Gasteiger partial charge < -0.3 is 20.3 Å². The average Bonchev–Trinajstić information content (AvgIpc) is 2.56. The summed E-state index contributed by atoms with van der Waals surface area (Å²) in [5, 5.41) is 21.0. The van der Waals surface area contributed by atoms with Gasteiger partial charge in [-0.2, -0.15) is 0 Å². The number of carbonyl (C=O) groups excluding carboxylic acids is 1. The molecule has 0 bridgehead atoms.